The molecular formula is C17H21NO4S. The molecule has 4 rings (SSSR count). The smallest absolute Gasteiger partial charge is 0.274 e. The minimum atomic E-state index is -3.64. The Labute approximate surface area is 136 Å². The van der Waals surface area contributed by atoms with Crippen LogP contribution in [0, 0.1) is 5.41 Å². The number of furan rings is 1. The minimum absolute atomic E-state index is 0.00487. The number of rotatable bonds is 5. The van der Waals surface area contributed by atoms with Crippen molar-refractivity contribution in [2.45, 2.75) is 49.8 Å². The van der Waals surface area contributed by atoms with Crippen LogP contribution < -0.4 is 4.72 Å². The van der Waals surface area contributed by atoms with Gasteiger partial charge in [-0.3, -0.25) is 0 Å². The summed E-state index contributed by atoms with van der Waals surface area (Å²) in [5.41, 5.74) is 0.585. The van der Waals surface area contributed by atoms with E-state index in [9.17, 15) is 8.42 Å². The zero-order valence-corrected chi connectivity index (χ0v) is 13.9. The van der Waals surface area contributed by atoms with Gasteiger partial charge in [0.15, 0.2) is 0 Å². The first-order valence-corrected chi connectivity index (χ1v) is 9.66. The molecule has 1 aromatic carbocycles. The molecule has 2 fully saturated rings. The fourth-order valence-electron chi connectivity index (χ4n) is 3.94. The second-order valence-corrected chi connectivity index (χ2v) is 8.19. The van der Waals surface area contributed by atoms with Crippen LogP contribution in [0.25, 0.3) is 11.0 Å². The molecule has 1 spiro atoms. The van der Waals surface area contributed by atoms with E-state index in [4.69, 9.17) is 9.15 Å². The number of para-hydroxylation sites is 1. The van der Waals surface area contributed by atoms with E-state index in [2.05, 4.69) is 4.72 Å². The highest BCUT2D eigenvalue weighted by molar-refractivity contribution is 7.89. The number of hydrogen-bond acceptors (Lipinski definition) is 4. The van der Waals surface area contributed by atoms with E-state index in [-0.39, 0.29) is 22.7 Å². The minimum Gasteiger partial charge on any atom is -0.443 e. The van der Waals surface area contributed by atoms with E-state index in [1.54, 1.807) is 12.1 Å². The van der Waals surface area contributed by atoms with Crippen molar-refractivity contribution in [2.24, 2.45) is 5.41 Å². The van der Waals surface area contributed by atoms with Gasteiger partial charge in [0.25, 0.3) is 10.0 Å². The van der Waals surface area contributed by atoms with Crippen LogP contribution >= 0.6 is 0 Å². The summed E-state index contributed by atoms with van der Waals surface area (Å²) in [6, 6.07) is 8.85. The van der Waals surface area contributed by atoms with Crippen molar-refractivity contribution in [3.63, 3.8) is 0 Å². The van der Waals surface area contributed by atoms with Crippen molar-refractivity contribution in [3.05, 3.63) is 30.3 Å². The summed E-state index contributed by atoms with van der Waals surface area (Å²) in [6.07, 6.45) is 4.14. The fraction of sp³-hybridized carbons (Fsp3) is 0.529. The molecule has 1 aromatic heterocycles. The first-order valence-electron chi connectivity index (χ1n) is 8.18. The Morgan fingerprint density at radius 2 is 2.13 bits per heavy atom. The van der Waals surface area contributed by atoms with E-state index in [0.717, 1.165) is 31.1 Å². The number of nitrogens with one attached hydrogen (secondary N) is 1. The maximum absolute atomic E-state index is 12.7. The molecular weight excluding hydrogens is 314 g/mol. The van der Waals surface area contributed by atoms with E-state index >= 15 is 0 Å². The zero-order valence-electron chi connectivity index (χ0n) is 13.1. The number of sulfonamides is 1. The third kappa shape index (κ3) is 2.31. The molecule has 0 amide bonds. The zero-order chi connectivity index (χ0) is 16.1. The van der Waals surface area contributed by atoms with Crippen LogP contribution in [0.2, 0.25) is 0 Å². The monoisotopic (exact) mass is 335 g/mol. The van der Waals surface area contributed by atoms with Crippen molar-refractivity contribution in [2.75, 3.05) is 6.61 Å². The molecule has 1 N–H and O–H groups in total. The van der Waals surface area contributed by atoms with Crippen molar-refractivity contribution < 1.29 is 17.6 Å². The van der Waals surface area contributed by atoms with Crippen LogP contribution in [0.3, 0.4) is 0 Å². The van der Waals surface area contributed by atoms with Crippen molar-refractivity contribution in [1.29, 1.82) is 0 Å². The van der Waals surface area contributed by atoms with Crippen LogP contribution in [-0.2, 0) is 14.8 Å². The summed E-state index contributed by atoms with van der Waals surface area (Å²) in [6.45, 7) is 2.66. The van der Waals surface area contributed by atoms with E-state index in [1.807, 2.05) is 25.1 Å². The predicted octanol–water partition coefficient (Wildman–Crippen LogP) is 3.06. The van der Waals surface area contributed by atoms with Crippen molar-refractivity contribution in [3.8, 4) is 0 Å². The maximum Gasteiger partial charge on any atom is 0.274 e. The molecule has 2 aromatic rings. The quantitative estimate of drug-likeness (QED) is 0.912. The van der Waals surface area contributed by atoms with Gasteiger partial charge in [0, 0.05) is 29.5 Å². The van der Waals surface area contributed by atoms with Gasteiger partial charge in [-0.1, -0.05) is 24.6 Å². The normalized spacial score (nSPS) is 26.1. The van der Waals surface area contributed by atoms with E-state index < -0.39 is 10.0 Å². The molecule has 0 aliphatic heterocycles. The second-order valence-electron chi connectivity index (χ2n) is 6.54. The molecule has 0 radical (unpaired) electrons. The van der Waals surface area contributed by atoms with Gasteiger partial charge in [-0.25, -0.2) is 13.1 Å². The van der Waals surface area contributed by atoms with Crippen molar-refractivity contribution >= 4 is 21.0 Å². The Balaban J connectivity index is 1.56. The summed E-state index contributed by atoms with van der Waals surface area (Å²) in [7, 11) is -3.64. The highest BCUT2D eigenvalue weighted by atomic mass is 32.2. The summed E-state index contributed by atoms with van der Waals surface area (Å²) in [4.78, 5) is 0. The molecule has 0 bridgehead atoms. The van der Waals surface area contributed by atoms with Gasteiger partial charge < -0.3 is 9.15 Å². The number of benzene rings is 1. The highest BCUT2D eigenvalue weighted by Crippen LogP contribution is 2.57. The number of fused-ring (bicyclic) bond motifs is 1. The SMILES string of the molecule is CCO[C@H]1C[C@H](NS(=O)(=O)c2cc3ccccc3o2)C12CCC2. The van der Waals surface area contributed by atoms with Crippen LogP contribution in [0.1, 0.15) is 32.6 Å². The molecule has 5 nitrogen and oxygen atoms in total. The average molecular weight is 335 g/mol. The maximum atomic E-state index is 12.7. The number of ether oxygens (including phenoxy) is 1. The topological polar surface area (TPSA) is 68.5 Å². The lowest BCUT2D eigenvalue weighted by Crippen LogP contribution is -2.67. The van der Waals surface area contributed by atoms with Gasteiger partial charge in [-0.05, 0) is 32.3 Å². The summed E-state index contributed by atoms with van der Waals surface area (Å²) >= 11 is 0. The van der Waals surface area contributed by atoms with Gasteiger partial charge in [0.05, 0.1) is 6.10 Å². The Kier molecular flexibility index (Phi) is 3.51. The molecule has 124 valence electrons. The van der Waals surface area contributed by atoms with Gasteiger partial charge in [-0.2, -0.15) is 0 Å². The van der Waals surface area contributed by atoms with Gasteiger partial charge >= 0.3 is 0 Å². The van der Waals surface area contributed by atoms with Crippen LogP contribution in [0.15, 0.2) is 39.8 Å². The number of hydrogen-bond donors (Lipinski definition) is 1. The Morgan fingerprint density at radius 3 is 2.78 bits per heavy atom. The van der Waals surface area contributed by atoms with Gasteiger partial charge in [0.2, 0.25) is 5.09 Å². The molecule has 2 aliphatic carbocycles. The van der Waals surface area contributed by atoms with Crippen LogP contribution in [0.4, 0.5) is 0 Å². The Hall–Kier alpha value is -1.37. The van der Waals surface area contributed by atoms with Gasteiger partial charge in [0.1, 0.15) is 5.58 Å². The van der Waals surface area contributed by atoms with Gasteiger partial charge in [-0.15, -0.1) is 0 Å². The third-order valence-electron chi connectivity index (χ3n) is 5.40. The first kappa shape index (κ1) is 15.2. The molecule has 6 heteroatoms. The fourth-order valence-corrected chi connectivity index (χ4v) is 5.24. The molecule has 2 aliphatic rings. The Morgan fingerprint density at radius 1 is 1.35 bits per heavy atom. The molecule has 23 heavy (non-hydrogen) atoms. The lowest BCUT2D eigenvalue weighted by atomic mass is 9.51. The lowest BCUT2D eigenvalue weighted by molar-refractivity contribution is -0.167. The second kappa shape index (κ2) is 5.33. The lowest BCUT2D eigenvalue weighted by Gasteiger charge is -2.60. The third-order valence-corrected chi connectivity index (χ3v) is 6.73. The van der Waals surface area contributed by atoms with Crippen LogP contribution in [-0.4, -0.2) is 27.2 Å². The van der Waals surface area contributed by atoms with Crippen LogP contribution in [0.5, 0.6) is 0 Å². The molecule has 1 heterocycles. The summed E-state index contributed by atoms with van der Waals surface area (Å²) < 4.78 is 39.4. The summed E-state index contributed by atoms with van der Waals surface area (Å²) in [5, 5.41) is 0.792. The molecule has 2 atom stereocenters. The largest absolute Gasteiger partial charge is 0.443 e. The standard InChI is InChI=1S/C17H21NO4S/c1-2-21-15-11-14(17(15)8-5-9-17)18-23(19,20)16-10-12-6-3-4-7-13(12)22-16/h3-4,6-7,10,14-15,18H,2,5,8-9,11H2,1H3/t14-,15-/m0/s1. The predicted molar refractivity (Wildman–Crippen MR) is 86.6 cm³/mol. The molecule has 0 saturated heterocycles. The molecule has 2 saturated carbocycles. The van der Waals surface area contributed by atoms with E-state index in [1.165, 1.54) is 0 Å². The summed E-state index contributed by atoms with van der Waals surface area (Å²) in [5.74, 6) is 0. The van der Waals surface area contributed by atoms with Crippen molar-refractivity contribution in [1.82, 2.24) is 4.72 Å². The highest BCUT2D eigenvalue weighted by Gasteiger charge is 2.59. The molecule has 0 unspecified atom stereocenters. The first-order chi connectivity index (χ1) is 11.0. The van der Waals surface area contributed by atoms with E-state index in [0.29, 0.717) is 12.2 Å². The Bertz CT molecular complexity index is 789. The average Bonchev–Trinajstić information content (AvgIpc) is 2.89.